The van der Waals surface area contributed by atoms with Crippen molar-refractivity contribution in [2.45, 2.75) is 38.1 Å². The van der Waals surface area contributed by atoms with Crippen molar-refractivity contribution in [1.82, 2.24) is 9.80 Å². The number of amides is 2. The van der Waals surface area contributed by atoms with Crippen LogP contribution in [0.5, 0.6) is 0 Å². The van der Waals surface area contributed by atoms with E-state index in [0.29, 0.717) is 0 Å². The number of nitrogens with zero attached hydrogens (tertiary/aromatic N) is 2. The summed E-state index contributed by atoms with van der Waals surface area (Å²) in [6.45, 7) is 0.773. The van der Waals surface area contributed by atoms with Crippen molar-refractivity contribution < 1.29 is 9.59 Å². The van der Waals surface area contributed by atoms with Gasteiger partial charge in [0.25, 0.3) is 0 Å². The van der Waals surface area contributed by atoms with Crippen LogP contribution in [0.2, 0.25) is 0 Å². The minimum absolute atomic E-state index is 0.0870. The molecule has 1 saturated heterocycles. The quantitative estimate of drug-likeness (QED) is 0.736. The van der Waals surface area contributed by atoms with Gasteiger partial charge in [-0.25, -0.2) is 0 Å². The van der Waals surface area contributed by atoms with Gasteiger partial charge in [-0.2, -0.15) is 0 Å². The highest BCUT2D eigenvalue weighted by Crippen LogP contribution is 2.54. The van der Waals surface area contributed by atoms with E-state index in [1.54, 1.807) is 19.0 Å². The van der Waals surface area contributed by atoms with Crippen molar-refractivity contribution in [3.05, 3.63) is 0 Å². The molecule has 0 aromatic carbocycles. The van der Waals surface area contributed by atoms with E-state index >= 15 is 0 Å². The van der Waals surface area contributed by atoms with Crippen LogP contribution in [0.3, 0.4) is 0 Å². The SMILES string of the molecule is CN(C)C(=O)C1CCCN1C(=O)C1CC2CC2C1. The maximum absolute atomic E-state index is 12.5. The molecule has 0 spiro atoms. The van der Waals surface area contributed by atoms with E-state index < -0.39 is 0 Å². The van der Waals surface area contributed by atoms with Gasteiger partial charge in [0.15, 0.2) is 0 Å². The number of carbonyl (C=O) groups excluding carboxylic acids is 2. The Bertz CT molecular complexity index is 370. The predicted molar refractivity (Wildman–Crippen MR) is 67.8 cm³/mol. The first kappa shape index (κ1) is 12.0. The maximum atomic E-state index is 12.5. The fourth-order valence-corrected chi connectivity index (χ4v) is 3.74. The second-order valence-corrected chi connectivity index (χ2v) is 6.35. The van der Waals surface area contributed by atoms with Gasteiger partial charge >= 0.3 is 0 Å². The van der Waals surface area contributed by atoms with Crippen LogP contribution in [0.25, 0.3) is 0 Å². The molecule has 3 atom stereocenters. The number of rotatable bonds is 2. The maximum Gasteiger partial charge on any atom is 0.244 e. The summed E-state index contributed by atoms with van der Waals surface area (Å²) in [6.07, 6.45) is 5.29. The summed E-state index contributed by atoms with van der Waals surface area (Å²) in [7, 11) is 3.54. The van der Waals surface area contributed by atoms with Crippen LogP contribution >= 0.6 is 0 Å². The third-order valence-corrected chi connectivity index (χ3v) is 4.85. The van der Waals surface area contributed by atoms with Crippen molar-refractivity contribution in [2.75, 3.05) is 20.6 Å². The second-order valence-electron chi connectivity index (χ2n) is 6.35. The van der Waals surface area contributed by atoms with Crippen LogP contribution in [0.15, 0.2) is 0 Å². The van der Waals surface area contributed by atoms with E-state index in [9.17, 15) is 9.59 Å². The van der Waals surface area contributed by atoms with E-state index in [-0.39, 0.29) is 23.8 Å². The van der Waals surface area contributed by atoms with Crippen LogP contribution < -0.4 is 0 Å². The van der Waals surface area contributed by atoms with Crippen molar-refractivity contribution in [2.24, 2.45) is 17.8 Å². The monoisotopic (exact) mass is 250 g/mol. The van der Waals surface area contributed by atoms with Crippen LogP contribution in [0, 0.1) is 17.8 Å². The average molecular weight is 250 g/mol. The van der Waals surface area contributed by atoms with E-state index in [2.05, 4.69) is 0 Å². The fourth-order valence-electron chi connectivity index (χ4n) is 3.74. The van der Waals surface area contributed by atoms with Gasteiger partial charge in [-0.15, -0.1) is 0 Å². The van der Waals surface area contributed by atoms with Crippen molar-refractivity contribution >= 4 is 11.8 Å². The van der Waals surface area contributed by atoms with Crippen molar-refractivity contribution in [3.8, 4) is 0 Å². The Morgan fingerprint density at radius 3 is 2.39 bits per heavy atom. The first-order valence-electron chi connectivity index (χ1n) is 7.09. The molecule has 0 N–H and O–H groups in total. The molecule has 1 heterocycles. The average Bonchev–Trinajstić information content (AvgIpc) is 2.82. The smallest absolute Gasteiger partial charge is 0.244 e. The van der Waals surface area contributed by atoms with Gasteiger partial charge in [-0.3, -0.25) is 9.59 Å². The molecule has 4 nitrogen and oxygen atoms in total. The summed E-state index contributed by atoms with van der Waals surface area (Å²) in [5, 5.41) is 0. The molecule has 2 aliphatic carbocycles. The van der Waals surface area contributed by atoms with Crippen LogP contribution in [0.4, 0.5) is 0 Å². The molecular formula is C14H22N2O2. The largest absolute Gasteiger partial charge is 0.347 e. The molecule has 2 amide bonds. The number of likely N-dealkylation sites (N-methyl/N-ethyl adjacent to an activating group) is 1. The molecule has 0 radical (unpaired) electrons. The molecule has 4 heteroatoms. The van der Waals surface area contributed by atoms with Crippen molar-refractivity contribution in [3.63, 3.8) is 0 Å². The summed E-state index contributed by atoms with van der Waals surface area (Å²) >= 11 is 0. The first-order chi connectivity index (χ1) is 8.58. The lowest BCUT2D eigenvalue weighted by Crippen LogP contribution is -2.47. The van der Waals surface area contributed by atoms with Crippen LogP contribution in [-0.4, -0.2) is 48.3 Å². The lowest BCUT2D eigenvalue weighted by Gasteiger charge is -2.28. The summed E-state index contributed by atoms with van der Waals surface area (Å²) in [6, 6.07) is -0.190. The molecule has 0 bridgehead atoms. The Morgan fingerprint density at radius 2 is 1.78 bits per heavy atom. The fraction of sp³-hybridized carbons (Fsp3) is 0.857. The van der Waals surface area contributed by atoms with E-state index in [0.717, 1.165) is 44.1 Å². The molecule has 1 aliphatic heterocycles. The van der Waals surface area contributed by atoms with Crippen molar-refractivity contribution in [1.29, 1.82) is 0 Å². The summed E-state index contributed by atoms with van der Waals surface area (Å²) in [5.41, 5.74) is 0. The molecule has 0 aromatic heterocycles. The van der Waals surface area contributed by atoms with E-state index in [1.807, 2.05) is 4.90 Å². The molecule has 2 saturated carbocycles. The minimum atomic E-state index is -0.190. The van der Waals surface area contributed by atoms with Crippen LogP contribution in [0.1, 0.15) is 32.1 Å². The molecule has 3 rings (SSSR count). The Morgan fingerprint density at radius 1 is 1.11 bits per heavy atom. The third kappa shape index (κ3) is 1.91. The Kier molecular flexibility index (Phi) is 2.83. The van der Waals surface area contributed by atoms with Gasteiger partial charge in [0.05, 0.1) is 0 Å². The number of likely N-dealkylation sites (tertiary alicyclic amines) is 1. The molecule has 0 aromatic rings. The minimum Gasteiger partial charge on any atom is -0.347 e. The molecule has 3 aliphatic rings. The third-order valence-electron chi connectivity index (χ3n) is 4.85. The lowest BCUT2D eigenvalue weighted by atomic mass is 10.0. The number of hydrogen-bond acceptors (Lipinski definition) is 2. The standard InChI is InChI=1S/C14H22N2O2/c1-15(2)14(18)12-4-3-5-16(12)13(17)11-7-9-6-10(9)8-11/h9-12H,3-8H2,1-2H3. The van der Waals surface area contributed by atoms with Gasteiger partial charge < -0.3 is 9.80 Å². The first-order valence-corrected chi connectivity index (χ1v) is 7.09. The zero-order valence-corrected chi connectivity index (χ0v) is 11.3. The zero-order valence-electron chi connectivity index (χ0n) is 11.3. The van der Waals surface area contributed by atoms with Gasteiger partial charge in [-0.05, 0) is 43.9 Å². The number of carbonyl (C=O) groups is 2. The predicted octanol–water partition coefficient (Wildman–Crippen LogP) is 1.11. The highest BCUT2D eigenvalue weighted by molar-refractivity contribution is 5.89. The normalized spacial score (nSPS) is 37.6. The highest BCUT2D eigenvalue weighted by Gasteiger charge is 2.50. The van der Waals surface area contributed by atoms with E-state index in [1.165, 1.54) is 6.42 Å². The van der Waals surface area contributed by atoms with Gasteiger partial charge in [-0.1, -0.05) is 0 Å². The second kappa shape index (κ2) is 4.25. The topological polar surface area (TPSA) is 40.6 Å². The molecular weight excluding hydrogens is 228 g/mol. The number of fused-ring (bicyclic) bond motifs is 1. The molecule has 18 heavy (non-hydrogen) atoms. The van der Waals surface area contributed by atoms with E-state index in [4.69, 9.17) is 0 Å². The number of hydrogen-bond donors (Lipinski definition) is 0. The lowest BCUT2D eigenvalue weighted by molar-refractivity contribution is -0.144. The Labute approximate surface area is 108 Å². The highest BCUT2D eigenvalue weighted by atomic mass is 16.2. The molecule has 3 fully saturated rings. The zero-order chi connectivity index (χ0) is 12.9. The van der Waals surface area contributed by atoms with Crippen LogP contribution in [-0.2, 0) is 9.59 Å². The summed E-state index contributed by atoms with van der Waals surface area (Å²) in [5.74, 6) is 2.20. The summed E-state index contributed by atoms with van der Waals surface area (Å²) < 4.78 is 0. The Hall–Kier alpha value is -1.06. The van der Waals surface area contributed by atoms with Gasteiger partial charge in [0.2, 0.25) is 11.8 Å². The molecule has 3 unspecified atom stereocenters. The Balaban J connectivity index is 1.66. The summed E-state index contributed by atoms with van der Waals surface area (Å²) in [4.78, 5) is 28.1. The van der Waals surface area contributed by atoms with Gasteiger partial charge in [0.1, 0.15) is 6.04 Å². The van der Waals surface area contributed by atoms with Gasteiger partial charge in [0, 0.05) is 26.6 Å². The molecule has 100 valence electrons.